The van der Waals surface area contributed by atoms with Crippen LogP contribution in [0.5, 0.6) is 0 Å². The highest BCUT2D eigenvalue weighted by atomic mass is 16.2. The first-order valence-electron chi connectivity index (χ1n) is 6.07. The molecule has 2 amide bonds. The summed E-state index contributed by atoms with van der Waals surface area (Å²) in [5.74, 6) is 0. The highest BCUT2D eigenvalue weighted by molar-refractivity contribution is 5.89. The summed E-state index contributed by atoms with van der Waals surface area (Å²) in [5.41, 5.74) is 8.24. The number of hydrazine groups is 1. The van der Waals surface area contributed by atoms with E-state index in [0.29, 0.717) is 16.9 Å². The van der Waals surface area contributed by atoms with Crippen LogP contribution >= 0.6 is 0 Å². The van der Waals surface area contributed by atoms with Gasteiger partial charge in [0.05, 0.1) is 17.3 Å². The van der Waals surface area contributed by atoms with Crippen molar-refractivity contribution in [1.82, 2.24) is 5.43 Å². The lowest BCUT2D eigenvalue weighted by Crippen LogP contribution is -2.33. The quantitative estimate of drug-likeness (QED) is 0.747. The number of hydrogen-bond donors (Lipinski definition) is 3. The second-order valence-corrected chi connectivity index (χ2v) is 4.26. The molecule has 0 aromatic heterocycles. The van der Waals surface area contributed by atoms with Gasteiger partial charge in [-0.3, -0.25) is 10.9 Å². The Hall–Kier alpha value is -3.00. The number of amides is 2. The van der Waals surface area contributed by atoms with Gasteiger partial charge in [0.25, 0.3) is 0 Å². The zero-order chi connectivity index (χ0) is 14.4. The van der Waals surface area contributed by atoms with Gasteiger partial charge in [-0.2, -0.15) is 5.26 Å². The molecule has 3 N–H and O–H groups in total. The van der Waals surface area contributed by atoms with Crippen molar-refractivity contribution in [1.29, 1.82) is 5.26 Å². The number of nitrogens with zero attached hydrogens (tertiary/aromatic N) is 1. The molecule has 5 nitrogen and oxygen atoms in total. The second-order valence-electron chi connectivity index (χ2n) is 4.26. The number of carbonyl (C=O) groups is 1. The molecule has 0 unspecified atom stereocenters. The van der Waals surface area contributed by atoms with Gasteiger partial charge in [0, 0.05) is 5.69 Å². The molecule has 2 aromatic carbocycles. The monoisotopic (exact) mass is 266 g/mol. The SMILES string of the molecule is Cc1ccc(NC(=O)NNc2cccc(C#N)c2)cc1. The van der Waals surface area contributed by atoms with E-state index >= 15 is 0 Å². The van der Waals surface area contributed by atoms with Crippen LogP contribution in [-0.2, 0) is 0 Å². The lowest BCUT2D eigenvalue weighted by atomic mass is 10.2. The van der Waals surface area contributed by atoms with Crippen LogP contribution in [-0.4, -0.2) is 6.03 Å². The van der Waals surface area contributed by atoms with Crippen molar-refractivity contribution in [2.24, 2.45) is 0 Å². The Morgan fingerprint density at radius 3 is 2.55 bits per heavy atom. The maximum atomic E-state index is 11.7. The van der Waals surface area contributed by atoms with Crippen molar-refractivity contribution in [2.45, 2.75) is 6.92 Å². The third kappa shape index (κ3) is 3.75. The molecular weight excluding hydrogens is 252 g/mol. The normalized spacial score (nSPS) is 9.40. The molecule has 0 atom stereocenters. The van der Waals surface area contributed by atoms with Crippen molar-refractivity contribution in [3.8, 4) is 6.07 Å². The zero-order valence-electron chi connectivity index (χ0n) is 11.0. The minimum atomic E-state index is -0.379. The number of carbonyl (C=O) groups excluding carboxylic acids is 1. The number of nitrogens with one attached hydrogen (secondary N) is 3. The van der Waals surface area contributed by atoms with E-state index in [1.54, 1.807) is 24.3 Å². The first kappa shape index (κ1) is 13.4. The van der Waals surface area contributed by atoms with Crippen molar-refractivity contribution in [3.05, 3.63) is 59.7 Å². The van der Waals surface area contributed by atoms with Gasteiger partial charge < -0.3 is 5.32 Å². The maximum Gasteiger partial charge on any atom is 0.337 e. The number of anilines is 2. The van der Waals surface area contributed by atoms with Crippen LogP contribution in [0.3, 0.4) is 0 Å². The number of benzene rings is 2. The smallest absolute Gasteiger partial charge is 0.307 e. The minimum absolute atomic E-state index is 0.379. The molecule has 0 heterocycles. The van der Waals surface area contributed by atoms with Gasteiger partial charge in [0.2, 0.25) is 0 Å². The van der Waals surface area contributed by atoms with Gasteiger partial charge in [0.15, 0.2) is 0 Å². The van der Waals surface area contributed by atoms with E-state index in [1.165, 1.54) is 0 Å². The van der Waals surface area contributed by atoms with E-state index in [1.807, 2.05) is 37.3 Å². The summed E-state index contributed by atoms with van der Waals surface area (Å²) in [4.78, 5) is 11.7. The van der Waals surface area contributed by atoms with E-state index in [4.69, 9.17) is 5.26 Å². The molecule has 0 aliphatic heterocycles. The Morgan fingerprint density at radius 2 is 1.85 bits per heavy atom. The van der Waals surface area contributed by atoms with Crippen LogP contribution in [0.1, 0.15) is 11.1 Å². The first-order chi connectivity index (χ1) is 9.67. The molecule has 5 heteroatoms. The predicted molar refractivity (Wildman–Crippen MR) is 78.1 cm³/mol. The highest BCUT2D eigenvalue weighted by Gasteiger charge is 2.01. The third-order valence-electron chi connectivity index (χ3n) is 2.62. The standard InChI is InChI=1S/C15H14N4O/c1-11-5-7-13(8-6-11)17-15(20)19-18-14-4-2-3-12(9-14)10-16/h2-9,18H,1H3,(H2,17,19,20). The molecule has 0 fully saturated rings. The molecule has 2 rings (SSSR count). The Kier molecular flexibility index (Phi) is 4.20. The Labute approximate surface area is 117 Å². The van der Waals surface area contributed by atoms with E-state index in [9.17, 15) is 4.79 Å². The molecule has 0 aliphatic rings. The van der Waals surface area contributed by atoms with Crippen molar-refractivity contribution >= 4 is 17.4 Å². The summed E-state index contributed by atoms with van der Waals surface area (Å²) in [7, 11) is 0. The molecular formula is C15H14N4O. The van der Waals surface area contributed by atoms with Gasteiger partial charge in [-0.1, -0.05) is 23.8 Å². The van der Waals surface area contributed by atoms with Crippen LogP contribution in [0.4, 0.5) is 16.2 Å². The fraction of sp³-hybridized carbons (Fsp3) is 0.0667. The van der Waals surface area contributed by atoms with E-state index < -0.39 is 0 Å². The zero-order valence-corrected chi connectivity index (χ0v) is 11.0. The van der Waals surface area contributed by atoms with E-state index in [2.05, 4.69) is 16.2 Å². The minimum Gasteiger partial charge on any atom is -0.307 e. The summed E-state index contributed by atoms with van der Waals surface area (Å²) >= 11 is 0. The van der Waals surface area contributed by atoms with Gasteiger partial charge in [0.1, 0.15) is 0 Å². The number of nitriles is 1. The molecule has 20 heavy (non-hydrogen) atoms. The van der Waals surface area contributed by atoms with Crippen LogP contribution in [0, 0.1) is 18.3 Å². The molecule has 2 aromatic rings. The highest BCUT2D eigenvalue weighted by Crippen LogP contribution is 2.09. The van der Waals surface area contributed by atoms with Gasteiger partial charge in [-0.25, -0.2) is 4.79 Å². The fourth-order valence-corrected chi connectivity index (χ4v) is 1.59. The van der Waals surface area contributed by atoms with Crippen molar-refractivity contribution < 1.29 is 4.79 Å². The topological polar surface area (TPSA) is 77.0 Å². The number of urea groups is 1. The van der Waals surface area contributed by atoms with Crippen LogP contribution in [0.2, 0.25) is 0 Å². The fourth-order valence-electron chi connectivity index (χ4n) is 1.59. The molecule has 0 spiro atoms. The molecule has 0 aliphatic carbocycles. The van der Waals surface area contributed by atoms with E-state index in [-0.39, 0.29) is 6.03 Å². The largest absolute Gasteiger partial charge is 0.337 e. The summed E-state index contributed by atoms with van der Waals surface area (Å²) in [6, 6.07) is 16.0. The Bertz CT molecular complexity index is 644. The van der Waals surface area contributed by atoms with Gasteiger partial charge in [-0.15, -0.1) is 0 Å². The molecule has 0 radical (unpaired) electrons. The summed E-state index contributed by atoms with van der Waals surface area (Å²) < 4.78 is 0. The van der Waals surface area contributed by atoms with E-state index in [0.717, 1.165) is 5.56 Å². The van der Waals surface area contributed by atoms with Crippen molar-refractivity contribution in [3.63, 3.8) is 0 Å². The van der Waals surface area contributed by atoms with Crippen LogP contribution < -0.4 is 16.2 Å². The molecule has 100 valence electrons. The summed E-state index contributed by atoms with van der Waals surface area (Å²) in [5, 5.41) is 11.5. The maximum absolute atomic E-state index is 11.7. The summed E-state index contributed by atoms with van der Waals surface area (Å²) in [6.07, 6.45) is 0. The average Bonchev–Trinajstić information content (AvgIpc) is 2.48. The predicted octanol–water partition coefficient (Wildman–Crippen LogP) is 3.02. The number of hydrogen-bond acceptors (Lipinski definition) is 3. The lowest BCUT2D eigenvalue weighted by Gasteiger charge is -2.10. The summed E-state index contributed by atoms with van der Waals surface area (Å²) in [6.45, 7) is 1.98. The van der Waals surface area contributed by atoms with Gasteiger partial charge >= 0.3 is 6.03 Å². The van der Waals surface area contributed by atoms with Crippen molar-refractivity contribution in [2.75, 3.05) is 10.7 Å². The van der Waals surface area contributed by atoms with Crippen LogP contribution in [0.25, 0.3) is 0 Å². The second kappa shape index (κ2) is 6.25. The average molecular weight is 266 g/mol. The van der Waals surface area contributed by atoms with Gasteiger partial charge in [-0.05, 0) is 37.3 Å². The Morgan fingerprint density at radius 1 is 1.10 bits per heavy atom. The van der Waals surface area contributed by atoms with Crippen LogP contribution in [0.15, 0.2) is 48.5 Å². The number of aryl methyl sites for hydroxylation is 1. The number of rotatable bonds is 3. The Balaban J connectivity index is 1.89. The molecule has 0 saturated carbocycles. The lowest BCUT2D eigenvalue weighted by molar-refractivity contribution is 0.254. The molecule has 0 saturated heterocycles. The molecule has 0 bridgehead atoms. The third-order valence-corrected chi connectivity index (χ3v) is 2.62. The first-order valence-corrected chi connectivity index (χ1v) is 6.07.